The molecule has 1 saturated carbocycles. The van der Waals surface area contributed by atoms with Crippen molar-refractivity contribution in [2.24, 2.45) is 0 Å². The molecular weight excluding hydrogens is 583 g/mol. The number of carbonyl (C=O) groups is 2. The van der Waals surface area contributed by atoms with Gasteiger partial charge in [-0.15, -0.1) is 0 Å². The van der Waals surface area contributed by atoms with E-state index in [4.69, 9.17) is 23.2 Å². The van der Waals surface area contributed by atoms with E-state index < -0.39 is 34.1 Å². The highest BCUT2D eigenvalue weighted by Gasteiger charge is 2.49. The third kappa shape index (κ3) is 7.52. The predicted octanol–water partition coefficient (Wildman–Crippen LogP) is 5.68. The van der Waals surface area contributed by atoms with Crippen molar-refractivity contribution in [3.05, 3.63) is 93.7 Å². The number of nitrogens with one attached hydrogen (secondary N) is 3. The number of fused-ring (bicyclic) bond motifs is 1. The standard InChI is InChI=1S/C26H31Cl2N3O4S.C4H5N/c1-3-14-29-25(32)23-17-8-4-5-9-18(17)26(33)31(24(23)19-13-12-16(27)15-20(19)28)22-11-7-6-10-21(22)30-36(2,34)35;1-2-4-5-3-1/h4-5,8-9,12-13,15,21-24,30H,3,6-7,10-11,14H2,1-2H3,(H,29,32);1-5H/t21-,22?,23+,24-;/m0./s1. The summed E-state index contributed by atoms with van der Waals surface area (Å²) in [5.41, 5.74) is 1.68. The molecule has 1 aliphatic heterocycles. The molecule has 11 heteroatoms. The highest BCUT2D eigenvalue weighted by molar-refractivity contribution is 7.88. The Morgan fingerprint density at radius 2 is 1.73 bits per heavy atom. The first-order valence-corrected chi connectivity index (χ1v) is 16.5. The average Bonchev–Trinajstić information content (AvgIpc) is 3.52. The van der Waals surface area contributed by atoms with E-state index in [0.29, 0.717) is 46.1 Å². The SMILES string of the molecule is CCCNC(=O)[C@@H]1c2ccccc2C(=O)N(C2CCCC[C@@H]2NS(C)(=O)=O)[C@H]1c1ccc(Cl)cc1Cl.c1cc[nH]c1. The summed E-state index contributed by atoms with van der Waals surface area (Å²) in [6.07, 6.45) is 8.52. The summed E-state index contributed by atoms with van der Waals surface area (Å²) in [7, 11) is -3.52. The third-order valence-electron chi connectivity index (χ3n) is 7.44. The van der Waals surface area contributed by atoms with Crippen molar-refractivity contribution in [3.63, 3.8) is 0 Å². The number of halogens is 2. The van der Waals surface area contributed by atoms with Crippen LogP contribution in [-0.2, 0) is 14.8 Å². The maximum absolute atomic E-state index is 14.1. The average molecular weight is 620 g/mol. The zero-order valence-electron chi connectivity index (χ0n) is 23.1. The van der Waals surface area contributed by atoms with Crippen molar-refractivity contribution in [3.8, 4) is 0 Å². The maximum atomic E-state index is 14.1. The fraction of sp³-hybridized carbons (Fsp3) is 0.400. The molecule has 5 rings (SSSR count). The van der Waals surface area contributed by atoms with E-state index >= 15 is 0 Å². The van der Waals surface area contributed by atoms with Crippen molar-refractivity contribution in [2.75, 3.05) is 12.8 Å². The normalized spacial score (nSPS) is 22.3. The number of hydrogen-bond donors (Lipinski definition) is 3. The Bertz CT molecular complexity index is 1430. The number of H-pyrrole nitrogens is 1. The summed E-state index contributed by atoms with van der Waals surface area (Å²) in [4.78, 5) is 32.4. The minimum absolute atomic E-state index is 0.207. The zero-order valence-corrected chi connectivity index (χ0v) is 25.5. The van der Waals surface area contributed by atoms with Gasteiger partial charge in [-0.3, -0.25) is 9.59 Å². The number of benzene rings is 2. The Labute approximate surface area is 251 Å². The fourth-order valence-corrected chi connectivity index (χ4v) is 7.11. The molecule has 3 N–H and O–H groups in total. The number of hydrogen-bond acceptors (Lipinski definition) is 4. The van der Waals surface area contributed by atoms with Gasteiger partial charge < -0.3 is 15.2 Å². The van der Waals surface area contributed by atoms with Crippen molar-refractivity contribution in [1.82, 2.24) is 19.9 Å². The van der Waals surface area contributed by atoms with E-state index in [9.17, 15) is 18.0 Å². The van der Waals surface area contributed by atoms with Crippen LogP contribution in [0.25, 0.3) is 0 Å². The first-order valence-electron chi connectivity index (χ1n) is 13.8. The van der Waals surface area contributed by atoms with E-state index in [1.54, 1.807) is 35.2 Å². The summed E-state index contributed by atoms with van der Waals surface area (Å²) >= 11 is 12.9. The molecule has 2 amide bonds. The van der Waals surface area contributed by atoms with E-state index in [0.717, 1.165) is 25.5 Å². The molecule has 0 bridgehead atoms. The largest absolute Gasteiger partial charge is 0.368 e. The topological polar surface area (TPSA) is 111 Å². The Kier molecular flexibility index (Phi) is 10.5. The van der Waals surface area contributed by atoms with Gasteiger partial charge in [0.15, 0.2) is 0 Å². The summed E-state index contributed by atoms with van der Waals surface area (Å²) in [6.45, 7) is 2.47. The van der Waals surface area contributed by atoms with E-state index in [1.165, 1.54) is 0 Å². The minimum Gasteiger partial charge on any atom is -0.368 e. The van der Waals surface area contributed by atoms with Crippen molar-refractivity contribution in [2.45, 2.75) is 63.1 Å². The molecule has 2 aromatic carbocycles. The highest BCUT2D eigenvalue weighted by Crippen LogP contribution is 2.47. The summed E-state index contributed by atoms with van der Waals surface area (Å²) in [5, 5.41) is 3.80. The Morgan fingerprint density at radius 1 is 1.02 bits per heavy atom. The zero-order chi connectivity index (χ0) is 29.6. The van der Waals surface area contributed by atoms with Crippen LogP contribution in [0.15, 0.2) is 67.0 Å². The van der Waals surface area contributed by atoms with E-state index in [1.807, 2.05) is 43.6 Å². The quantitative estimate of drug-likeness (QED) is 0.316. The van der Waals surface area contributed by atoms with Gasteiger partial charge in [0.1, 0.15) is 0 Å². The molecule has 3 aromatic rings. The van der Waals surface area contributed by atoms with Gasteiger partial charge in [-0.25, -0.2) is 13.1 Å². The van der Waals surface area contributed by atoms with Gasteiger partial charge in [0.2, 0.25) is 15.9 Å². The fourth-order valence-electron chi connectivity index (χ4n) is 5.76. The second kappa shape index (κ2) is 13.9. The van der Waals surface area contributed by atoms with Crippen LogP contribution in [0.5, 0.6) is 0 Å². The summed E-state index contributed by atoms with van der Waals surface area (Å²) in [6, 6.07) is 14.4. The highest BCUT2D eigenvalue weighted by atomic mass is 35.5. The van der Waals surface area contributed by atoms with Crippen molar-refractivity contribution >= 4 is 45.0 Å². The third-order valence-corrected chi connectivity index (χ3v) is 8.73. The molecule has 2 aliphatic rings. The van der Waals surface area contributed by atoms with Gasteiger partial charge >= 0.3 is 0 Å². The number of aromatic nitrogens is 1. The maximum Gasteiger partial charge on any atom is 0.255 e. The molecule has 1 aliphatic carbocycles. The number of sulfonamides is 1. The molecule has 4 atom stereocenters. The molecule has 1 fully saturated rings. The number of rotatable bonds is 7. The van der Waals surface area contributed by atoms with Crippen LogP contribution >= 0.6 is 23.2 Å². The van der Waals surface area contributed by atoms with E-state index in [2.05, 4.69) is 15.0 Å². The second-order valence-electron chi connectivity index (χ2n) is 10.4. The predicted molar refractivity (Wildman–Crippen MR) is 163 cm³/mol. The molecule has 1 unspecified atom stereocenters. The lowest BCUT2D eigenvalue weighted by atomic mass is 9.76. The van der Waals surface area contributed by atoms with Gasteiger partial charge in [0.05, 0.1) is 18.2 Å². The molecule has 41 heavy (non-hydrogen) atoms. The number of aromatic amines is 1. The van der Waals surface area contributed by atoms with Gasteiger partial charge in [-0.1, -0.05) is 67.2 Å². The smallest absolute Gasteiger partial charge is 0.255 e. The lowest BCUT2D eigenvalue weighted by Crippen LogP contribution is -2.59. The molecule has 0 saturated heterocycles. The van der Waals surface area contributed by atoms with Gasteiger partial charge in [-0.2, -0.15) is 0 Å². The first kappa shape index (κ1) is 31.1. The minimum atomic E-state index is -3.52. The van der Waals surface area contributed by atoms with Gasteiger partial charge in [0.25, 0.3) is 5.91 Å². The Morgan fingerprint density at radius 3 is 2.37 bits per heavy atom. The molecular formula is C30H36Cl2N4O4S. The molecule has 1 aromatic heterocycles. The van der Waals surface area contributed by atoms with Crippen LogP contribution in [0, 0.1) is 0 Å². The summed E-state index contributed by atoms with van der Waals surface area (Å²) < 4.78 is 27.2. The lowest BCUT2D eigenvalue weighted by Gasteiger charge is -2.49. The Balaban J connectivity index is 0.000000699. The van der Waals surface area contributed by atoms with E-state index in [-0.39, 0.29) is 11.8 Å². The van der Waals surface area contributed by atoms with Crippen LogP contribution in [-0.4, -0.2) is 55.0 Å². The second-order valence-corrected chi connectivity index (χ2v) is 13.0. The number of nitrogens with zero attached hydrogens (tertiary/aromatic N) is 1. The Hall–Kier alpha value is -2.85. The van der Waals surface area contributed by atoms with Crippen molar-refractivity contribution < 1.29 is 18.0 Å². The molecule has 2 heterocycles. The van der Waals surface area contributed by atoms with Gasteiger partial charge in [-0.05, 0) is 60.7 Å². The summed E-state index contributed by atoms with van der Waals surface area (Å²) in [5.74, 6) is -1.18. The van der Waals surface area contributed by atoms with Gasteiger partial charge in [0, 0.05) is 46.6 Å². The van der Waals surface area contributed by atoms with Crippen LogP contribution in [0.4, 0.5) is 0 Å². The first-order chi connectivity index (χ1) is 19.6. The molecule has 0 spiro atoms. The number of carbonyl (C=O) groups excluding carboxylic acids is 2. The number of amides is 2. The van der Waals surface area contributed by atoms with Crippen LogP contribution < -0.4 is 10.0 Å². The van der Waals surface area contributed by atoms with Crippen LogP contribution in [0.3, 0.4) is 0 Å². The molecule has 220 valence electrons. The van der Waals surface area contributed by atoms with Crippen LogP contribution in [0.1, 0.15) is 72.5 Å². The monoisotopic (exact) mass is 618 g/mol. The van der Waals surface area contributed by atoms with Crippen molar-refractivity contribution in [1.29, 1.82) is 0 Å². The molecule has 8 nitrogen and oxygen atoms in total. The molecule has 0 radical (unpaired) electrons. The lowest BCUT2D eigenvalue weighted by molar-refractivity contribution is -0.124. The van der Waals surface area contributed by atoms with Crippen LogP contribution in [0.2, 0.25) is 10.0 Å².